The van der Waals surface area contributed by atoms with Crippen LogP contribution in [0.25, 0.3) is 0 Å². The van der Waals surface area contributed by atoms with E-state index in [1.807, 2.05) is 0 Å². The van der Waals surface area contributed by atoms with Crippen LogP contribution in [0, 0.1) is 5.82 Å². The number of esters is 1. The summed E-state index contributed by atoms with van der Waals surface area (Å²) in [6.07, 6.45) is -2.16. The highest BCUT2D eigenvalue weighted by atomic mass is 32.2. The van der Waals surface area contributed by atoms with Gasteiger partial charge in [0.25, 0.3) is 0 Å². The minimum atomic E-state index is -6.11. The molecule has 0 aliphatic heterocycles. The molecule has 0 bridgehead atoms. The zero-order valence-electron chi connectivity index (χ0n) is 16.3. The molecule has 0 unspecified atom stereocenters. The molecule has 0 aromatic heterocycles. The Balaban J connectivity index is 2.45. The maximum Gasteiger partial charge on any atom is 0.534 e. The van der Waals surface area contributed by atoms with Gasteiger partial charge in [0.2, 0.25) is 5.92 Å². The molecule has 1 aromatic rings. The average Bonchev–Trinajstić information content (AvgIpc) is 2.54. The largest absolute Gasteiger partial charge is 0.534 e. The number of benzene rings is 1. The molecule has 0 heterocycles. The third-order valence-electron chi connectivity index (χ3n) is 4.59. The van der Waals surface area contributed by atoms with Gasteiger partial charge in [-0.15, -0.1) is 0 Å². The molecule has 0 saturated heterocycles. The van der Waals surface area contributed by atoms with Crippen LogP contribution in [-0.2, 0) is 25.1 Å². The Kier molecular flexibility index (Phi) is 6.16. The van der Waals surface area contributed by atoms with E-state index in [0.29, 0.717) is 12.1 Å². The summed E-state index contributed by atoms with van der Waals surface area (Å²) >= 11 is 0. The van der Waals surface area contributed by atoms with Crippen LogP contribution in [0.1, 0.15) is 52.0 Å². The van der Waals surface area contributed by atoms with Crippen molar-refractivity contribution in [3.63, 3.8) is 0 Å². The molecule has 0 radical (unpaired) electrons. The van der Waals surface area contributed by atoms with E-state index in [4.69, 9.17) is 4.74 Å². The molecule has 0 spiro atoms. The van der Waals surface area contributed by atoms with Gasteiger partial charge in [0.15, 0.2) is 11.6 Å². The Bertz CT molecular complexity index is 908. The lowest BCUT2D eigenvalue weighted by Crippen LogP contribution is -2.46. The van der Waals surface area contributed by atoms with E-state index in [1.54, 1.807) is 20.8 Å². The summed E-state index contributed by atoms with van der Waals surface area (Å²) in [7, 11) is -6.11. The van der Waals surface area contributed by atoms with Crippen molar-refractivity contribution in [2.24, 2.45) is 0 Å². The second-order valence-corrected chi connectivity index (χ2v) is 9.61. The van der Waals surface area contributed by atoms with Gasteiger partial charge in [0, 0.05) is 12.8 Å². The number of carbonyl (C=O) groups is 1. The van der Waals surface area contributed by atoms with Gasteiger partial charge in [-0.25, -0.2) is 13.2 Å². The lowest BCUT2D eigenvalue weighted by atomic mass is 9.68. The molecule has 0 atom stereocenters. The van der Waals surface area contributed by atoms with Gasteiger partial charge in [0.05, 0.1) is 5.41 Å². The summed E-state index contributed by atoms with van der Waals surface area (Å²) in [4.78, 5) is 12.8. The predicted molar refractivity (Wildman–Crippen MR) is 92.9 cm³/mol. The first-order valence-electron chi connectivity index (χ1n) is 8.81. The first kappa shape index (κ1) is 24.3. The summed E-state index contributed by atoms with van der Waals surface area (Å²) in [6, 6.07) is 2.18. The second-order valence-electron chi connectivity index (χ2n) is 8.07. The minimum Gasteiger partial charge on any atom is -0.459 e. The minimum absolute atomic E-state index is 0.124. The van der Waals surface area contributed by atoms with Crippen molar-refractivity contribution in [1.82, 2.24) is 0 Å². The number of rotatable bonds is 4. The summed E-state index contributed by atoms with van der Waals surface area (Å²) < 4.78 is 110. The predicted octanol–water partition coefficient (Wildman–Crippen LogP) is 4.84. The molecule has 1 aromatic carbocycles. The molecule has 170 valence electrons. The van der Waals surface area contributed by atoms with Gasteiger partial charge < -0.3 is 8.92 Å². The fourth-order valence-corrected chi connectivity index (χ4v) is 3.53. The van der Waals surface area contributed by atoms with E-state index in [0.717, 1.165) is 6.07 Å². The fraction of sp³-hybridized carbons (Fsp3) is 0.611. The van der Waals surface area contributed by atoms with Crippen molar-refractivity contribution in [3.05, 3.63) is 29.6 Å². The number of hydrogen-bond acceptors (Lipinski definition) is 5. The van der Waals surface area contributed by atoms with Crippen molar-refractivity contribution >= 4 is 16.1 Å². The molecule has 30 heavy (non-hydrogen) atoms. The monoisotopic (exact) mass is 462 g/mol. The summed E-state index contributed by atoms with van der Waals surface area (Å²) in [5.74, 6) is -6.66. The lowest BCUT2D eigenvalue weighted by Gasteiger charge is -2.40. The first-order valence-corrected chi connectivity index (χ1v) is 10.2. The van der Waals surface area contributed by atoms with Gasteiger partial charge in [-0.05, 0) is 51.3 Å². The van der Waals surface area contributed by atoms with Crippen LogP contribution >= 0.6 is 0 Å². The summed E-state index contributed by atoms with van der Waals surface area (Å²) in [5.41, 5.74) is -8.55. The van der Waals surface area contributed by atoms with Gasteiger partial charge >= 0.3 is 21.6 Å². The highest BCUT2D eigenvalue weighted by Crippen LogP contribution is 2.47. The fourth-order valence-electron chi connectivity index (χ4n) is 3.06. The third kappa shape index (κ3) is 5.19. The van der Waals surface area contributed by atoms with Gasteiger partial charge in [-0.1, -0.05) is 6.07 Å². The third-order valence-corrected chi connectivity index (χ3v) is 5.56. The van der Waals surface area contributed by atoms with Gasteiger partial charge in [-0.3, -0.25) is 4.79 Å². The molecular weight excluding hydrogens is 442 g/mol. The van der Waals surface area contributed by atoms with Crippen LogP contribution in [-0.4, -0.2) is 31.4 Å². The van der Waals surface area contributed by atoms with Crippen LogP contribution in [0.5, 0.6) is 5.75 Å². The Morgan fingerprint density at radius 1 is 1.03 bits per heavy atom. The van der Waals surface area contributed by atoms with Crippen molar-refractivity contribution in [3.8, 4) is 5.75 Å². The number of alkyl halides is 5. The van der Waals surface area contributed by atoms with E-state index >= 15 is 0 Å². The van der Waals surface area contributed by atoms with Crippen molar-refractivity contribution < 1.29 is 48.5 Å². The van der Waals surface area contributed by atoms with Crippen molar-refractivity contribution in [1.29, 1.82) is 0 Å². The smallest absolute Gasteiger partial charge is 0.459 e. The number of carbonyl (C=O) groups excluding carboxylic acids is 1. The second kappa shape index (κ2) is 7.61. The Morgan fingerprint density at radius 3 is 2.00 bits per heavy atom. The Hall–Kier alpha value is -1.98. The number of halogens is 6. The van der Waals surface area contributed by atoms with Crippen molar-refractivity contribution in [2.75, 3.05) is 0 Å². The Labute approximate surface area is 169 Å². The van der Waals surface area contributed by atoms with Crippen LogP contribution in [0.3, 0.4) is 0 Å². The SMILES string of the molecule is CC(C)(C)OC(=O)C1(c2ccc(OS(=O)(=O)C(F)(F)F)c(F)c2)CCC(F)(F)CC1. The zero-order chi connectivity index (χ0) is 23.2. The molecule has 1 aliphatic carbocycles. The van der Waals surface area contributed by atoms with Crippen LogP contribution in [0.15, 0.2) is 18.2 Å². The summed E-state index contributed by atoms with van der Waals surface area (Å²) in [6.45, 7) is 4.65. The molecule has 12 heteroatoms. The van der Waals surface area contributed by atoms with Crippen LogP contribution < -0.4 is 4.18 Å². The molecule has 1 fully saturated rings. The van der Waals surface area contributed by atoms with E-state index in [-0.39, 0.29) is 5.56 Å². The maximum absolute atomic E-state index is 14.4. The quantitative estimate of drug-likeness (QED) is 0.277. The zero-order valence-corrected chi connectivity index (χ0v) is 17.1. The lowest BCUT2D eigenvalue weighted by molar-refractivity contribution is -0.167. The Morgan fingerprint density at radius 2 is 1.57 bits per heavy atom. The highest BCUT2D eigenvalue weighted by molar-refractivity contribution is 7.88. The van der Waals surface area contributed by atoms with Crippen LogP contribution in [0.4, 0.5) is 26.3 Å². The molecular formula is C18H20F6O5S. The molecule has 0 N–H and O–H groups in total. The van der Waals surface area contributed by atoms with E-state index in [1.165, 1.54) is 0 Å². The standard InChI is InChI=1S/C18H20F6O5S/c1-15(2,3)28-14(25)16(6-8-17(20,21)9-7-16)11-4-5-13(12(19)10-11)29-30(26,27)18(22,23)24/h4-5,10H,6-9H2,1-3H3. The van der Waals surface area contributed by atoms with Crippen LogP contribution in [0.2, 0.25) is 0 Å². The van der Waals surface area contributed by atoms with E-state index < -0.39 is 75.8 Å². The number of hydrogen-bond donors (Lipinski definition) is 0. The average molecular weight is 462 g/mol. The molecule has 1 saturated carbocycles. The maximum atomic E-state index is 14.4. The topological polar surface area (TPSA) is 69.7 Å². The highest BCUT2D eigenvalue weighted by Gasteiger charge is 2.51. The van der Waals surface area contributed by atoms with Crippen molar-refractivity contribution in [2.45, 2.75) is 68.9 Å². The summed E-state index contributed by atoms with van der Waals surface area (Å²) in [5, 5.41) is 0. The molecule has 1 aliphatic rings. The number of ether oxygens (including phenoxy) is 1. The molecule has 0 amide bonds. The first-order chi connectivity index (χ1) is 13.4. The normalized spacial score (nSPS) is 19.2. The molecule has 2 rings (SSSR count). The molecule has 5 nitrogen and oxygen atoms in total. The van der Waals surface area contributed by atoms with Gasteiger partial charge in [0.1, 0.15) is 5.60 Å². The van der Waals surface area contributed by atoms with E-state index in [9.17, 15) is 39.6 Å². The van der Waals surface area contributed by atoms with E-state index in [2.05, 4.69) is 4.18 Å². The van der Waals surface area contributed by atoms with Gasteiger partial charge in [-0.2, -0.15) is 21.6 Å².